The summed E-state index contributed by atoms with van der Waals surface area (Å²) in [7, 11) is 0. The van der Waals surface area contributed by atoms with Crippen molar-refractivity contribution in [3.05, 3.63) is 24.3 Å². The van der Waals surface area contributed by atoms with Crippen LogP contribution < -0.4 is 9.64 Å². The van der Waals surface area contributed by atoms with Crippen LogP contribution in [0, 0.1) is 0 Å². The Bertz CT molecular complexity index is 541. The van der Waals surface area contributed by atoms with E-state index in [2.05, 4.69) is 41.8 Å². The molecular weight excluding hydrogens is 330 g/mol. The molecule has 0 saturated carbocycles. The quantitative estimate of drug-likeness (QED) is 0.631. The molecule has 26 heavy (non-hydrogen) atoms. The molecule has 1 fully saturated rings. The van der Waals surface area contributed by atoms with Crippen molar-refractivity contribution >= 4 is 11.8 Å². The van der Waals surface area contributed by atoms with Gasteiger partial charge in [0, 0.05) is 57.6 Å². The highest BCUT2D eigenvalue weighted by Crippen LogP contribution is 2.21. The topological polar surface area (TPSA) is 45.3 Å². The molecule has 0 bridgehead atoms. The van der Waals surface area contributed by atoms with E-state index in [-0.39, 0.29) is 6.09 Å². The van der Waals surface area contributed by atoms with Crippen molar-refractivity contribution in [2.45, 2.75) is 27.2 Å². The zero-order valence-electron chi connectivity index (χ0n) is 16.4. The minimum atomic E-state index is -0.191. The summed E-state index contributed by atoms with van der Waals surface area (Å²) < 4.78 is 11.0. The first-order chi connectivity index (χ1) is 12.7. The van der Waals surface area contributed by atoms with E-state index in [0.717, 1.165) is 58.0 Å². The Balaban J connectivity index is 1.67. The van der Waals surface area contributed by atoms with Gasteiger partial charge in [0.05, 0.1) is 13.2 Å². The molecule has 0 aromatic heterocycles. The fourth-order valence-electron chi connectivity index (χ4n) is 3.21. The van der Waals surface area contributed by atoms with Crippen molar-refractivity contribution in [1.29, 1.82) is 0 Å². The second-order valence-corrected chi connectivity index (χ2v) is 6.40. The second-order valence-electron chi connectivity index (χ2n) is 6.40. The largest absolute Gasteiger partial charge is 0.493 e. The smallest absolute Gasteiger partial charge is 0.409 e. The van der Waals surface area contributed by atoms with Crippen LogP contribution in [0.4, 0.5) is 10.5 Å². The molecule has 1 heterocycles. The lowest BCUT2D eigenvalue weighted by Crippen LogP contribution is -2.49. The third-order valence-electron chi connectivity index (χ3n) is 4.73. The molecule has 146 valence electrons. The Kier molecular flexibility index (Phi) is 8.54. The summed E-state index contributed by atoms with van der Waals surface area (Å²) in [6.07, 6.45) is 0.790. The van der Waals surface area contributed by atoms with Gasteiger partial charge in [0.15, 0.2) is 0 Å². The van der Waals surface area contributed by atoms with Crippen molar-refractivity contribution in [1.82, 2.24) is 9.80 Å². The van der Waals surface area contributed by atoms with Crippen LogP contribution in [-0.2, 0) is 4.74 Å². The zero-order valence-corrected chi connectivity index (χ0v) is 16.4. The summed E-state index contributed by atoms with van der Waals surface area (Å²) in [4.78, 5) is 18.2. The number of rotatable bonds is 9. The van der Waals surface area contributed by atoms with Crippen LogP contribution >= 0.6 is 0 Å². The first-order valence-electron chi connectivity index (χ1n) is 9.79. The molecule has 1 amide bonds. The minimum absolute atomic E-state index is 0.191. The number of benzene rings is 1. The first kappa shape index (κ1) is 20.4. The van der Waals surface area contributed by atoms with Gasteiger partial charge in [0.2, 0.25) is 0 Å². The van der Waals surface area contributed by atoms with Crippen LogP contribution in [0.25, 0.3) is 0 Å². The van der Waals surface area contributed by atoms with Gasteiger partial charge < -0.3 is 19.3 Å². The first-order valence-corrected chi connectivity index (χ1v) is 9.79. The van der Waals surface area contributed by atoms with E-state index in [0.29, 0.717) is 13.2 Å². The molecule has 6 heteroatoms. The van der Waals surface area contributed by atoms with E-state index >= 15 is 0 Å². The van der Waals surface area contributed by atoms with Crippen LogP contribution in [0.3, 0.4) is 0 Å². The molecule has 0 aliphatic carbocycles. The van der Waals surface area contributed by atoms with E-state index in [1.807, 2.05) is 13.0 Å². The van der Waals surface area contributed by atoms with Gasteiger partial charge in [-0.25, -0.2) is 4.79 Å². The third-order valence-corrected chi connectivity index (χ3v) is 4.73. The molecule has 2 rings (SSSR count). The SMILES string of the molecule is CCOC(=O)N1CCN(CCCOc2cccc(N(CC)CC)c2)CC1. The van der Waals surface area contributed by atoms with E-state index in [1.54, 1.807) is 4.90 Å². The predicted octanol–water partition coefficient (Wildman–Crippen LogP) is 3.08. The molecule has 0 unspecified atom stereocenters. The average molecular weight is 364 g/mol. The number of hydrogen-bond donors (Lipinski definition) is 0. The lowest BCUT2D eigenvalue weighted by atomic mass is 10.2. The Morgan fingerprint density at radius 3 is 2.50 bits per heavy atom. The van der Waals surface area contributed by atoms with Gasteiger partial charge >= 0.3 is 6.09 Å². The molecule has 0 radical (unpaired) electrons. The van der Waals surface area contributed by atoms with Gasteiger partial charge in [-0.1, -0.05) is 6.07 Å². The predicted molar refractivity (Wildman–Crippen MR) is 105 cm³/mol. The Morgan fingerprint density at radius 1 is 1.12 bits per heavy atom. The van der Waals surface area contributed by atoms with E-state index in [4.69, 9.17) is 9.47 Å². The molecule has 1 aliphatic heterocycles. The van der Waals surface area contributed by atoms with Crippen LogP contribution in [0.1, 0.15) is 27.2 Å². The molecule has 0 atom stereocenters. The maximum absolute atomic E-state index is 11.7. The monoisotopic (exact) mass is 363 g/mol. The molecule has 1 saturated heterocycles. The van der Waals surface area contributed by atoms with E-state index < -0.39 is 0 Å². The van der Waals surface area contributed by atoms with Gasteiger partial charge in [-0.05, 0) is 39.3 Å². The van der Waals surface area contributed by atoms with Crippen LogP contribution in [-0.4, -0.2) is 74.9 Å². The average Bonchev–Trinajstić information content (AvgIpc) is 2.67. The van der Waals surface area contributed by atoms with Crippen molar-refractivity contribution in [3.63, 3.8) is 0 Å². The van der Waals surface area contributed by atoms with Gasteiger partial charge in [-0.2, -0.15) is 0 Å². The summed E-state index contributed by atoms with van der Waals surface area (Å²) >= 11 is 0. The number of ether oxygens (including phenoxy) is 2. The second kappa shape index (κ2) is 10.9. The van der Waals surface area contributed by atoms with Gasteiger partial charge in [-0.3, -0.25) is 4.90 Å². The van der Waals surface area contributed by atoms with E-state index in [9.17, 15) is 4.79 Å². The Hall–Kier alpha value is -1.95. The zero-order chi connectivity index (χ0) is 18.8. The van der Waals surface area contributed by atoms with Crippen LogP contribution in [0.5, 0.6) is 5.75 Å². The van der Waals surface area contributed by atoms with Crippen molar-refractivity contribution in [2.24, 2.45) is 0 Å². The number of hydrogen-bond acceptors (Lipinski definition) is 5. The number of carbonyl (C=O) groups is 1. The third kappa shape index (κ3) is 6.09. The minimum Gasteiger partial charge on any atom is -0.493 e. The summed E-state index contributed by atoms with van der Waals surface area (Å²) in [5.74, 6) is 0.932. The van der Waals surface area contributed by atoms with Crippen molar-refractivity contribution in [2.75, 3.05) is 63.9 Å². The number of anilines is 1. The van der Waals surface area contributed by atoms with Crippen LogP contribution in [0.15, 0.2) is 24.3 Å². The van der Waals surface area contributed by atoms with E-state index in [1.165, 1.54) is 5.69 Å². The number of piperazine rings is 1. The van der Waals surface area contributed by atoms with Crippen molar-refractivity contribution < 1.29 is 14.3 Å². The molecule has 1 aromatic carbocycles. The van der Waals surface area contributed by atoms with Crippen molar-refractivity contribution in [3.8, 4) is 5.75 Å². The Labute approximate surface area is 157 Å². The summed E-state index contributed by atoms with van der Waals surface area (Å²) in [5, 5.41) is 0. The fourth-order valence-corrected chi connectivity index (χ4v) is 3.21. The molecule has 0 N–H and O–H groups in total. The number of carbonyl (C=O) groups excluding carboxylic acids is 1. The van der Waals surface area contributed by atoms with Gasteiger partial charge in [-0.15, -0.1) is 0 Å². The summed E-state index contributed by atoms with van der Waals surface area (Å²) in [6.45, 7) is 13.6. The standard InChI is InChI=1S/C20H33N3O3/c1-4-22(5-2)18-9-7-10-19(17-18)26-16-8-11-21-12-14-23(15-13-21)20(24)25-6-3/h7,9-10,17H,4-6,8,11-16H2,1-3H3. The highest BCUT2D eigenvalue weighted by atomic mass is 16.6. The van der Waals surface area contributed by atoms with Gasteiger partial charge in [0.25, 0.3) is 0 Å². The maximum atomic E-state index is 11.7. The lowest BCUT2D eigenvalue weighted by Gasteiger charge is -2.33. The van der Waals surface area contributed by atoms with Gasteiger partial charge in [0.1, 0.15) is 5.75 Å². The van der Waals surface area contributed by atoms with Crippen LogP contribution in [0.2, 0.25) is 0 Å². The Morgan fingerprint density at radius 2 is 1.85 bits per heavy atom. The molecular formula is C20H33N3O3. The summed E-state index contributed by atoms with van der Waals surface area (Å²) in [5.41, 5.74) is 1.21. The highest BCUT2D eigenvalue weighted by Gasteiger charge is 2.21. The summed E-state index contributed by atoms with van der Waals surface area (Å²) in [6, 6.07) is 8.32. The molecule has 0 spiro atoms. The molecule has 6 nitrogen and oxygen atoms in total. The highest BCUT2D eigenvalue weighted by molar-refractivity contribution is 5.67. The lowest BCUT2D eigenvalue weighted by molar-refractivity contribution is 0.0782. The fraction of sp³-hybridized carbons (Fsp3) is 0.650. The maximum Gasteiger partial charge on any atom is 0.409 e. The molecule has 1 aliphatic rings. The number of nitrogens with zero attached hydrogens (tertiary/aromatic N) is 3. The number of amides is 1. The normalized spacial score (nSPS) is 15.0. The molecule has 1 aromatic rings.